The van der Waals surface area contributed by atoms with E-state index in [4.69, 9.17) is 13.9 Å². The fourth-order valence-corrected chi connectivity index (χ4v) is 4.77. The first-order valence-electron chi connectivity index (χ1n) is 10.0. The van der Waals surface area contributed by atoms with Crippen LogP contribution in [0, 0.1) is 0 Å². The lowest BCUT2D eigenvalue weighted by molar-refractivity contribution is -0.147. The lowest BCUT2D eigenvalue weighted by Gasteiger charge is -2.30. The van der Waals surface area contributed by atoms with Crippen molar-refractivity contribution in [2.75, 3.05) is 18.6 Å². The van der Waals surface area contributed by atoms with Crippen molar-refractivity contribution >= 4 is 46.0 Å². The highest BCUT2D eigenvalue weighted by atomic mass is 32.2. The van der Waals surface area contributed by atoms with Crippen LogP contribution in [0.4, 0.5) is 11.4 Å². The summed E-state index contributed by atoms with van der Waals surface area (Å²) >= 11 is 1.61. The summed E-state index contributed by atoms with van der Waals surface area (Å²) < 4.78 is 16.1. The van der Waals surface area contributed by atoms with Gasteiger partial charge in [0.1, 0.15) is 11.3 Å². The van der Waals surface area contributed by atoms with E-state index < -0.39 is 5.97 Å². The van der Waals surface area contributed by atoms with Crippen molar-refractivity contribution in [3.8, 4) is 5.75 Å². The summed E-state index contributed by atoms with van der Waals surface area (Å²) in [6.07, 6.45) is 1.54. The van der Waals surface area contributed by atoms with Gasteiger partial charge in [0.15, 0.2) is 6.61 Å². The van der Waals surface area contributed by atoms with Gasteiger partial charge in [-0.3, -0.25) is 14.5 Å². The largest absolute Gasteiger partial charge is 0.497 e. The number of esters is 1. The molecular weight excluding hydrogens is 426 g/mol. The van der Waals surface area contributed by atoms with Crippen LogP contribution in [0.5, 0.6) is 5.75 Å². The highest BCUT2D eigenvalue weighted by molar-refractivity contribution is 7.99. The van der Waals surface area contributed by atoms with E-state index in [1.165, 1.54) is 6.26 Å². The summed E-state index contributed by atoms with van der Waals surface area (Å²) in [5.74, 6) is -0.128. The summed E-state index contributed by atoms with van der Waals surface area (Å²) in [5, 5.41) is 0.810. The number of amides is 1. The molecule has 0 unspecified atom stereocenters. The number of nitrogens with zero attached hydrogens (tertiary/aromatic N) is 1. The summed E-state index contributed by atoms with van der Waals surface area (Å²) in [6, 6.07) is 20.8. The smallest absolute Gasteiger partial charge is 0.310 e. The number of hydrogen-bond donors (Lipinski definition) is 0. The zero-order valence-corrected chi connectivity index (χ0v) is 18.1. The molecule has 0 N–H and O–H groups in total. The fourth-order valence-electron chi connectivity index (χ4n) is 3.71. The number of methoxy groups -OCH3 is 1. The summed E-state index contributed by atoms with van der Waals surface area (Å²) in [4.78, 5) is 29.2. The molecule has 1 amide bonds. The molecule has 0 aliphatic carbocycles. The van der Waals surface area contributed by atoms with Gasteiger partial charge in [0.25, 0.3) is 5.91 Å². The standard InChI is InChI=1S/C25H19NO5S/c1-29-17-10-11-18-16(14-30-21(18)13-17)12-25(28)31-15-24(27)26-19-6-2-4-8-22(19)32-23-9-5-3-7-20(23)26/h2-11,13-14H,12,15H2,1H3. The van der Waals surface area contributed by atoms with Crippen LogP contribution in [-0.2, 0) is 20.7 Å². The molecule has 3 aromatic carbocycles. The number of benzene rings is 3. The number of rotatable bonds is 5. The first kappa shape index (κ1) is 20.2. The first-order valence-corrected chi connectivity index (χ1v) is 10.8. The average Bonchev–Trinajstić information content (AvgIpc) is 3.22. The van der Waals surface area contributed by atoms with Crippen molar-refractivity contribution in [2.45, 2.75) is 16.2 Å². The molecule has 4 aromatic rings. The van der Waals surface area contributed by atoms with Crippen LogP contribution in [0.15, 0.2) is 87.2 Å². The van der Waals surface area contributed by atoms with Crippen LogP contribution in [0.1, 0.15) is 5.56 Å². The number of carbonyl (C=O) groups excluding carboxylic acids is 2. The molecule has 0 bridgehead atoms. The molecule has 2 heterocycles. The third kappa shape index (κ3) is 3.71. The van der Waals surface area contributed by atoms with Crippen LogP contribution >= 0.6 is 11.8 Å². The van der Waals surface area contributed by atoms with Crippen LogP contribution in [0.3, 0.4) is 0 Å². The minimum Gasteiger partial charge on any atom is -0.497 e. The maximum atomic E-state index is 13.1. The summed E-state index contributed by atoms with van der Waals surface area (Å²) in [7, 11) is 1.58. The number of anilines is 2. The Bertz CT molecular complexity index is 1280. The molecule has 160 valence electrons. The van der Waals surface area contributed by atoms with Gasteiger partial charge in [0.2, 0.25) is 0 Å². The Morgan fingerprint density at radius 3 is 2.34 bits per heavy atom. The Hall–Kier alpha value is -3.71. The number of fused-ring (bicyclic) bond motifs is 3. The summed E-state index contributed by atoms with van der Waals surface area (Å²) in [5.41, 5.74) is 2.89. The van der Waals surface area contributed by atoms with Gasteiger partial charge in [0, 0.05) is 26.8 Å². The third-order valence-electron chi connectivity index (χ3n) is 5.24. The maximum Gasteiger partial charge on any atom is 0.310 e. The molecule has 0 radical (unpaired) electrons. The number of furan rings is 1. The molecule has 5 rings (SSSR count). The fraction of sp³-hybridized carbons (Fsp3) is 0.120. The highest BCUT2D eigenvalue weighted by Gasteiger charge is 2.28. The van der Waals surface area contributed by atoms with Crippen molar-refractivity contribution in [3.63, 3.8) is 0 Å². The molecule has 1 aliphatic heterocycles. The molecule has 1 aromatic heterocycles. The average molecular weight is 445 g/mol. The number of hydrogen-bond acceptors (Lipinski definition) is 6. The lowest BCUT2D eigenvalue weighted by atomic mass is 10.1. The second-order valence-electron chi connectivity index (χ2n) is 7.23. The van der Waals surface area contributed by atoms with E-state index >= 15 is 0 Å². The van der Waals surface area contributed by atoms with Gasteiger partial charge in [-0.05, 0) is 36.4 Å². The molecule has 32 heavy (non-hydrogen) atoms. The topological polar surface area (TPSA) is 69.0 Å². The zero-order valence-electron chi connectivity index (χ0n) is 17.2. The minimum absolute atomic E-state index is 0.00956. The Balaban J connectivity index is 1.31. The van der Waals surface area contributed by atoms with E-state index in [9.17, 15) is 9.59 Å². The van der Waals surface area contributed by atoms with Gasteiger partial charge in [-0.1, -0.05) is 36.0 Å². The Kier molecular flexibility index (Phi) is 5.33. The number of carbonyl (C=O) groups is 2. The van der Waals surface area contributed by atoms with Crippen molar-refractivity contribution in [1.29, 1.82) is 0 Å². The molecule has 1 aliphatic rings. The second kappa shape index (κ2) is 8.43. The minimum atomic E-state index is -0.496. The SMILES string of the molecule is COc1ccc2c(CC(=O)OCC(=O)N3c4ccccc4Sc4ccccc43)coc2c1. The second-order valence-corrected chi connectivity index (χ2v) is 8.31. The van der Waals surface area contributed by atoms with Crippen LogP contribution in [-0.4, -0.2) is 25.6 Å². The molecular formula is C25H19NO5S. The Morgan fingerprint density at radius 1 is 0.969 bits per heavy atom. The van der Waals surface area contributed by atoms with Crippen LogP contribution in [0.25, 0.3) is 11.0 Å². The third-order valence-corrected chi connectivity index (χ3v) is 6.37. The van der Waals surface area contributed by atoms with Crippen molar-refractivity contribution in [1.82, 2.24) is 0 Å². The molecule has 0 saturated heterocycles. The van der Waals surface area contributed by atoms with E-state index in [0.717, 1.165) is 26.6 Å². The van der Waals surface area contributed by atoms with E-state index in [-0.39, 0.29) is 18.9 Å². The van der Waals surface area contributed by atoms with Gasteiger partial charge < -0.3 is 13.9 Å². The maximum absolute atomic E-state index is 13.1. The van der Waals surface area contributed by atoms with Gasteiger partial charge in [-0.25, -0.2) is 0 Å². The number of ether oxygens (including phenoxy) is 2. The molecule has 0 spiro atoms. The van der Waals surface area contributed by atoms with Gasteiger partial charge in [-0.15, -0.1) is 0 Å². The molecule has 7 heteroatoms. The van der Waals surface area contributed by atoms with E-state index in [1.807, 2.05) is 54.6 Å². The normalized spacial score (nSPS) is 12.2. The monoisotopic (exact) mass is 445 g/mol. The molecule has 0 fully saturated rings. The predicted octanol–water partition coefficient (Wildman–Crippen LogP) is 5.36. The highest BCUT2D eigenvalue weighted by Crippen LogP contribution is 2.47. The van der Waals surface area contributed by atoms with Gasteiger partial charge in [-0.2, -0.15) is 0 Å². The van der Waals surface area contributed by atoms with Crippen molar-refractivity contribution < 1.29 is 23.5 Å². The zero-order chi connectivity index (χ0) is 22.1. The van der Waals surface area contributed by atoms with Crippen LogP contribution < -0.4 is 9.64 Å². The summed E-state index contributed by atoms with van der Waals surface area (Å²) in [6.45, 7) is -0.351. The molecule has 0 atom stereocenters. The number of para-hydroxylation sites is 2. The van der Waals surface area contributed by atoms with Crippen molar-refractivity contribution in [3.05, 3.63) is 78.6 Å². The van der Waals surface area contributed by atoms with Gasteiger partial charge >= 0.3 is 5.97 Å². The Morgan fingerprint density at radius 2 is 1.66 bits per heavy atom. The van der Waals surface area contributed by atoms with E-state index in [1.54, 1.807) is 35.9 Å². The van der Waals surface area contributed by atoms with Crippen molar-refractivity contribution in [2.24, 2.45) is 0 Å². The predicted molar refractivity (Wildman–Crippen MR) is 122 cm³/mol. The lowest BCUT2D eigenvalue weighted by Crippen LogP contribution is -2.32. The molecule has 6 nitrogen and oxygen atoms in total. The molecule has 0 saturated carbocycles. The van der Waals surface area contributed by atoms with E-state index in [2.05, 4.69) is 0 Å². The van der Waals surface area contributed by atoms with Gasteiger partial charge in [0.05, 0.1) is 31.2 Å². The van der Waals surface area contributed by atoms with E-state index in [0.29, 0.717) is 16.9 Å². The van der Waals surface area contributed by atoms with Crippen LogP contribution in [0.2, 0.25) is 0 Å². The Labute approximate surface area is 188 Å². The first-order chi connectivity index (χ1) is 15.6. The quantitative estimate of drug-likeness (QED) is 0.386.